The van der Waals surface area contributed by atoms with E-state index in [1.54, 1.807) is 18.2 Å². The summed E-state index contributed by atoms with van der Waals surface area (Å²) in [4.78, 5) is 24.8. The zero-order valence-electron chi connectivity index (χ0n) is 13.5. The molecule has 0 aliphatic rings. The first kappa shape index (κ1) is 17.8. The minimum atomic E-state index is -0.704. The van der Waals surface area contributed by atoms with E-state index in [0.717, 1.165) is 13.0 Å². The number of carbonyl (C=O) groups is 2. The van der Waals surface area contributed by atoms with Gasteiger partial charge in [-0.3, -0.25) is 9.59 Å². The van der Waals surface area contributed by atoms with Crippen LogP contribution in [0.3, 0.4) is 0 Å². The number of nitrogens with one attached hydrogen (secondary N) is 3. The first-order valence-corrected chi connectivity index (χ1v) is 7.08. The highest BCUT2D eigenvalue weighted by Crippen LogP contribution is 2.29. The second-order valence-electron chi connectivity index (χ2n) is 5.09. The van der Waals surface area contributed by atoms with Crippen molar-refractivity contribution in [3.63, 3.8) is 0 Å². The Morgan fingerprint density at radius 1 is 1.09 bits per heavy atom. The smallest absolute Gasteiger partial charge is 0.313 e. The van der Waals surface area contributed by atoms with Crippen LogP contribution in [0.4, 0.5) is 5.69 Å². The molecule has 0 spiro atoms. The third-order valence-electron chi connectivity index (χ3n) is 2.99. The van der Waals surface area contributed by atoms with Gasteiger partial charge in [0.15, 0.2) is 11.5 Å². The molecule has 0 heterocycles. The first-order valence-electron chi connectivity index (χ1n) is 7.08. The minimum Gasteiger partial charge on any atom is -0.493 e. The van der Waals surface area contributed by atoms with E-state index < -0.39 is 11.8 Å². The molecule has 122 valence electrons. The van der Waals surface area contributed by atoms with Gasteiger partial charge >= 0.3 is 11.8 Å². The van der Waals surface area contributed by atoms with Gasteiger partial charge in [0.25, 0.3) is 0 Å². The molecule has 0 unspecified atom stereocenters. The third kappa shape index (κ3) is 5.61. The number of ether oxygens (including phenoxy) is 2. The molecule has 0 aliphatic heterocycles. The van der Waals surface area contributed by atoms with E-state index in [9.17, 15) is 9.59 Å². The Labute approximate surface area is 130 Å². The van der Waals surface area contributed by atoms with Crippen molar-refractivity contribution in [3.05, 3.63) is 18.2 Å². The van der Waals surface area contributed by atoms with Crippen molar-refractivity contribution in [1.82, 2.24) is 5.32 Å². The molecule has 0 atom stereocenters. The standard InChI is InChI=1S/C15H23N3O4/c1-18(2)9-5-8-16-14(19)15(20)17-11-6-7-12(21-3)13(10-11)22-4/h6-7,10H,5,8-9H2,1-4H3,(H,16,19)(H,17,20)/p+1. The summed E-state index contributed by atoms with van der Waals surface area (Å²) in [6.45, 7) is 1.40. The van der Waals surface area contributed by atoms with Gasteiger partial charge in [0.1, 0.15) is 0 Å². The first-order chi connectivity index (χ1) is 10.5. The lowest BCUT2D eigenvalue weighted by molar-refractivity contribution is -0.858. The molecule has 0 fully saturated rings. The van der Waals surface area contributed by atoms with Crippen molar-refractivity contribution in [2.24, 2.45) is 0 Å². The molecule has 0 saturated heterocycles. The lowest BCUT2D eigenvalue weighted by Gasteiger charge is -2.11. The number of carbonyl (C=O) groups excluding carboxylic acids is 2. The largest absolute Gasteiger partial charge is 0.493 e. The fourth-order valence-electron chi connectivity index (χ4n) is 1.83. The second-order valence-corrected chi connectivity index (χ2v) is 5.09. The van der Waals surface area contributed by atoms with Crippen LogP contribution in [0, 0.1) is 0 Å². The van der Waals surface area contributed by atoms with Gasteiger partial charge in [-0.25, -0.2) is 0 Å². The van der Waals surface area contributed by atoms with Crippen LogP contribution in [0.5, 0.6) is 11.5 Å². The van der Waals surface area contributed by atoms with Gasteiger partial charge in [0, 0.05) is 24.7 Å². The van der Waals surface area contributed by atoms with Gasteiger partial charge in [-0.05, 0) is 12.1 Å². The van der Waals surface area contributed by atoms with Crippen LogP contribution in [0.25, 0.3) is 0 Å². The maximum atomic E-state index is 11.8. The summed E-state index contributed by atoms with van der Waals surface area (Å²) in [7, 11) is 7.10. The lowest BCUT2D eigenvalue weighted by atomic mass is 10.2. The summed E-state index contributed by atoms with van der Waals surface area (Å²) < 4.78 is 10.3. The normalized spacial score (nSPS) is 10.2. The molecule has 0 saturated carbocycles. The molecule has 3 N–H and O–H groups in total. The van der Waals surface area contributed by atoms with Crippen LogP contribution < -0.4 is 25.0 Å². The Morgan fingerprint density at radius 2 is 1.77 bits per heavy atom. The van der Waals surface area contributed by atoms with Crippen LogP contribution >= 0.6 is 0 Å². The van der Waals surface area contributed by atoms with E-state index in [-0.39, 0.29) is 0 Å². The van der Waals surface area contributed by atoms with E-state index in [4.69, 9.17) is 9.47 Å². The minimum absolute atomic E-state index is 0.468. The van der Waals surface area contributed by atoms with Crippen molar-refractivity contribution < 1.29 is 24.0 Å². The van der Waals surface area contributed by atoms with E-state index in [1.807, 2.05) is 14.1 Å². The second kappa shape index (κ2) is 8.89. The number of hydrogen-bond acceptors (Lipinski definition) is 4. The highest BCUT2D eigenvalue weighted by molar-refractivity contribution is 6.39. The summed E-state index contributed by atoms with van der Waals surface area (Å²) >= 11 is 0. The lowest BCUT2D eigenvalue weighted by Crippen LogP contribution is -3.05. The number of methoxy groups -OCH3 is 2. The Balaban J connectivity index is 2.52. The Bertz CT molecular complexity index is 518. The Hall–Kier alpha value is -2.28. The maximum Gasteiger partial charge on any atom is 0.313 e. The molecule has 1 aromatic carbocycles. The van der Waals surface area contributed by atoms with Gasteiger partial charge in [0.05, 0.1) is 34.9 Å². The summed E-state index contributed by atoms with van der Waals surface area (Å²) in [5, 5.41) is 5.11. The summed E-state index contributed by atoms with van der Waals surface area (Å²) in [5.74, 6) is -0.321. The van der Waals surface area contributed by atoms with Crippen molar-refractivity contribution in [1.29, 1.82) is 0 Å². The van der Waals surface area contributed by atoms with Crippen LogP contribution in [0.1, 0.15) is 6.42 Å². The molecule has 2 amide bonds. The maximum absolute atomic E-state index is 11.8. The molecule has 0 aliphatic carbocycles. The Kier molecular flexibility index (Phi) is 7.18. The van der Waals surface area contributed by atoms with Crippen LogP contribution in [-0.4, -0.2) is 53.2 Å². The summed E-state index contributed by atoms with van der Waals surface area (Å²) in [6.07, 6.45) is 0.817. The monoisotopic (exact) mass is 310 g/mol. The van der Waals surface area contributed by atoms with Gasteiger partial charge in [-0.1, -0.05) is 0 Å². The summed E-state index contributed by atoms with van der Waals surface area (Å²) in [5.41, 5.74) is 0.468. The number of rotatable bonds is 7. The average molecular weight is 310 g/mol. The fraction of sp³-hybridized carbons (Fsp3) is 0.467. The van der Waals surface area contributed by atoms with Gasteiger partial charge < -0.3 is 25.0 Å². The molecule has 22 heavy (non-hydrogen) atoms. The number of benzene rings is 1. The van der Waals surface area contributed by atoms with E-state index in [1.165, 1.54) is 19.1 Å². The fourth-order valence-corrected chi connectivity index (χ4v) is 1.83. The number of quaternary nitrogens is 1. The zero-order valence-corrected chi connectivity index (χ0v) is 13.5. The summed E-state index contributed by atoms with van der Waals surface area (Å²) in [6, 6.07) is 4.90. The van der Waals surface area contributed by atoms with Crippen molar-refractivity contribution >= 4 is 17.5 Å². The third-order valence-corrected chi connectivity index (χ3v) is 2.99. The van der Waals surface area contributed by atoms with Crippen LogP contribution in [0.2, 0.25) is 0 Å². The molecular weight excluding hydrogens is 286 g/mol. The van der Waals surface area contributed by atoms with Gasteiger partial charge in [0.2, 0.25) is 0 Å². The highest BCUT2D eigenvalue weighted by atomic mass is 16.5. The van der Waals surface area contributed by atoms with E-state index in [2.05, 4.69) is 10.6 Å². The van der Waals surface area contributed by atoms with Gasteiger partial charge in [-0.2, -0.15) is 0 Å². The van der Waals surface area contributed by atoms with E-state index >= 15 is 0 Å². The molecule has 0 aromatic heterocycles. The average Bonchev–Trinajstić information content (AvgIpc) is 2.50. The molecule has 1 aromatic rings. The van der Waals surface area contributed by atoms with Gasteiger partial charge in [-0.15, -0.1) is 0 Å². The predicted molar refractivity (Wildman–Crippen MR) is 83.5 cm³/mol. The van der Waals surface area contributed by atoms with E-state index in [0.29, 0.717) is 23.7 Å². The Morgan fingerprint density at radius 3 is 2.36 bits per heavy atom. The predicted octanol–water partition coefficient (Wildman–Crippen LogP) is -0.707. The highest BCUT2D eigenvalue weighted by Gasteiger charge is 2.14. The molecule has 7 heteroatoms. The molecular formula is C15H24N3O4+. The molecule has 1 rings (SSSR count). The molecule has 7 nitrogen and oxygen atoms in total. The van der Waals surface area contributed by atoms with Crippen molar-refractivity contribution in [3.8, 4) is 11.5 Å². The van der Waals surface area contributed by atoms with Crippen LogP contribution in [0.15, 0.2) is 18.2 Å². The number of anilines is 1. The number of hydrogen-bond donors (Lipinski definition) is 3. The van der Waals surface area contributed by atoms with Crippen LogP contribution in [-0.2, 0) is 9.59 Å². The zero-order chi connectivity index (χ0) is 16.5. The van der Waals surface area contributed by atoms with Crippen molar-refractivity contribution in [2.45, 2.75) is 6.42 Å². The van der Waals surface area contributed by atoms with Crippen molar-refractivity contribution in [2.75, 3.05) is 46.7 Å². The molecule has 0 radical (unpaired) electrons. The molecule has 0 bridgehead atoms. The quantitative estimate of drug-likeness (QED) is 0.459. The number of amides is 2. The topological polar surface area (TPSA) is 81.1 Å². The SMILES string of the molecule is COc1ccc(NC(=O)C(=O)NCCC[NH+](C)C)cc1OC.